The lowest BCUT2D eigenvalue weighted by Crippen LogP contribution is -1.99. The van der Waals surface area contributed by atoms with Gasteiger partial charge in [-0.05, 0) is 12.0 Å². The van der Waals surface area contributed by atoms with Gasteiger partial charge in [0.2, 0.25) is 0 Å². The Balaban J connectivity index is 2.42. The standard InChI is InChI=1S/C13H14O3/c14-12(7-4-8-13(15)16)10-9-11-5-2-1-3-6-11/h1-6,8-10,12,14H,7H2,(H,15,16)/b8-4-,10-9+/t12-/m0/s1. The van der Waals surface area contributed by atoms with Crippen molar-refractivity contribution < 1.29 is 15.0 Å². The molecular formula is C13H14O3. The second-order valence-electron chi connectivity index (χ2n) is 3.31. The molecule has 1 atom stereocenters. The molecule has 1 aromatic carbocycles. The first-order valence-corrected chi connectivity index (χ1v) is 4.99. The highest BCUT2D eigenvalue weighted by molar-refractivity contribution is 5.79. The molecule has 0 amide bonds. The van der Waals surface area contributed by atoms with Crippen LogP contribution < -0.4 is 0 Å². The summed E-state index contributed by atoms with van der Waals surface area (Å²) in [7, 11) is 0. The number of aliphatic carboxylic acids is 1. The number of aliphatic hydroxyl groups excluding tert-OH is 1. The number of hydrogen-bond donors (Lipinski definition) is 2. The number of rotatable bonds is 5. The van der Waals surface area contributed by atoms with E-state index in [2.05, 4.69) is 0 Å². The number of carbonyl (C=O) groups is 1. The molecule has 84 valence electrons. The van der Waals surface area contributed by atoms with E-state index in [9.17, 15) is 9.90 Å². The van der Waals surface area contributed by atoms with E-state index in [1.54, 1.807) is 12.2 Å². The fraction of sp³-hybridized carbons (Fsp3) is 0.154. The Bertz CT molecular complexity index is 379. The van der Waals surface area contributed by atoms with Crippen molar-refractivity contribution in [3.63, 3.8) is 0 Å². The van der Waals surface area contributed by atoms with Crippen molar-refractivity contribution in [2.75, 3.05) is 0 Å². The van der Waals surface area contributed by atoms with E-state index in [0.29, 0.717) is 6.42 Å². The molecule has 0 spiro atoms. The van der Waals surface area contributed by atoms with E-state index in [1.807, 2.05) is 30.3 Å². The van der Waals surface area contributed by atoms with Gasteiger partial charge >= 0.3 is 5.97 Å². The van der Waals surface area contributed by atoms with E-state index in [4.69, 9.17) is 5.11 Å². The summed E-state index contributed by atoms with van der Waals surface area (Å²) < 4.78 is 0. The first kappa shape index (κ1) is 12.2. The molecule has 16 heavy (non-hydrogen) atoms. The number of benzene rings is 1. The van der Waals surface area contributed by atoms with Crippen LogP contribution in [0.2, 0.25) is 0 Å². The van der Waals surface area contributed by atoms with Crippen molar-refractivity contribution in [3.05, 3.63) is 54.1 Å². The molecular weight excluding hydrogens is 204 g/mol. The van der Waals surface area contributed by atoms with Gasteiger partial charge in [0, 0.05) is 6.08 Å². The summed E-state index contributed by atoms with van der Waals surface area (Å²) in [5.41, 5.74) is 1.00. The van der Waals surface area contributed by atoms with Gasteiger partial charge in [0.15, 0.2) is 0 Å². The molecule has 0 radical (unpaired) electrons. The first-order chi connectivity index (χ1) is 7.68. The summed E-state index contributed by atoms with van der Waals surface area (Å²) in [4.78, 5) is 10.2. The normalized spacial score (nSPS) is 13.3. The molecule has 3 heteroatoms. The highest BCUT2D eigenvalue weighted by Crippen LogP contribution is 2.04. The quantitative estimate of drug-likeness (QED) is 0.744. The number of carboxylic acids is 1. The Morgan fingerprint density at radius 2 is 2.00 bits per heavy atom. The van der Waals surface area contributed by atoms with Gasteiger partial charge < -0.3 is 10.2 Å². The number of carboxylic acid groups (broad SMARTS) is 1. The molecule has 0 saturated carbocycles. The van der Waals surface area contributed by atoms with Crippen molar-refractivity contribution in [1.82, 2.24) is 0 Å². The van der Waals surface area contributed by atoms with Gasteiger partial charge in [-0.1, -0.05) is 48.6 Å². The van der Waals surface area contributed by atoms with E-state index in [0.717, 1.165) is 11.6 Å². The van der Waals surface area contributed by atoms with E-state index in [-0.39, 0.29) is 0 Å². The van der Waals surface area contributed by atoms with Crippen LogP contribution in [0.4, 0.5) is 0 Å². The van der Waals surface area contributed by atoms with Crippen LogP contribution >= 0.6 is 0 Å². The van der Waals surface area contributed by atoms with Crippen LogP contribution in [0, 0.1) is 0 Å². The zero-order valence-corrected chi connectivity index (χ0v) is 8.78. The predicted molar refractivity (Wildman–Crippen MR) is 62.9 cm³/mol. The maximum atomic E-state index is 10.2. The van der Waals surface area contributed by atoms with Crippen molar-refractivity contribution in [2.24, 2.45) is 0 Å². The summed E-state index contributed by atoms with van der Waals surface area (Å²) >= 11 is 0. The average molecular weight is 218 g/mol. The molecule has 0 saturated heterocycles. The maximum absolute atomic E-state index is 10.2. The third-order valence-corrected chi connectivity index (χ3v) is 1.95. The minimum Gasteiger partial charge on any atom is -0.478 e. The molecule has 1 rings (SSSR count). The lowest BCUT2D eigenvalue weighted by atomic mass is 10.1. The second kappa shape index (κ2) is 6.58. The minimum atomic E-state index is -1.00. The smallest absolute Gasteiger partial charge is 0.327 e. The van der Waals surface area contributed by atoms with Gasteiger partial charge in [-0.15, -0.1) is 0 Å². The summed E-state index contributed by atoms with van der Waals surface area (Å²) in [5, 5.41) is 17.8. The zero-order valence-electron chi connectivity index (χ0n) is 8.78. The Labute approximate surface area is 94.4 Å². The number of aliphatic hydroxyl groups is 1. The zero-order chi connectivity index (χ0) is 11.8. The summed E-state index contributed by atoms with van der Waals surface area (Å²) in [6.45, 7) is 0. The molecule has 1 aromatic rings. The average Bonchev–Trinajstić information content (AvgIpc) is 2.27. The molecule has 0 aliphatic rings. The maximum Gasteiger partial charge on any atom is 0.327 e. The fourth-order valence-corrected chi connectivity index (χ4v) is 1.17. The van der Waals surface area contributed by atoms with Crippen LogP contribution in [0.15, 0.2) is 48.6 Å². The van der Waals surface area contributed by atoms with Crippen molar-refractivity contribution >= 4 is 12.0 Å². The summed E-state index contributed by atoms with van der Waals surface area (Å²) in [5.74, 6) is -1.00. The molecule has 2 N–H and O–H groups in total. The van der Waals surface area contributed by atoms with Gasteiger partial charge in [-0.25, -0.2) is 4.79 Å². The largest absolute Gasteiger partial charge is 0.478 e. The lowest BCUT2D eigenvalue weighted by molar-refractivity contribution is -0.131. The Hall–Kier alpha value is -1.87. The van der Waals surface area contributed by atoms with Crippen molar-refractivity contribution in [1.29, 1.82) is 0 Å². The highest BCUT2D eigenvalue weighted by Gasteiger charge is 1.95. The molecule has 0 fully saturated rings. The van der Waals surface area contributed by atoms with E-state index >= 15 is 0 Å². The molecule has 0 aliphatic carbocycles. The third kappa shape index (κ3) is 5.12. The van der Waals surface area contributed by atoms with Crippen LogP contribution in [0.1, 0.15) is 12.0 Å². The fourth-order valence-electron chi connectivity index (χ4n) is 1.17. The van der Waals surface area contributed by atoms with Gasteiger partial charge in [0.25, 0.3) is 0 Å². The lowest BCUT2D eigenvalue weighted by Gasteiger charge is -2.00. The van der Waals surface area contributed by atoms with Crippen LogP contribution in [0.25, 0.3) is 6.08 Å². The summed E-state index contributed by atoms with van der Waals surface area (Å²) in [6, 6.07) is 9.60. The predicted octanol–water partition coefficient (Wildman–Crippen LogP) is 2.09. The topological polar surface area (TPSA) is 57.5 Å². The van der Waals surface area contributed by atoms with Crippen LogP contribution in [0.5, 0.6) is 0 Å². The molecule has 0 bridgehead atoms. The minimum absolute atomic E-state index is 0.301. The molecule has 3 nitrogen and oxygen atoms in total. The van der Waals surface area contributed by atoms with Gasteiger partial charge in [-0.2, -0.15) is 0 Å². The monoisotopic (exact) mass is 218 g/mol. The summed E-state index contributed by atoms with van der Waals surface area (Å²) in [6.07, 6.45) is 5.55. The second-order valence-corrected chi connectivity index (χ2v) is 3.31. The van der Waals surface area contributed by atoms with Crippen LogP contribution in [-0.4, -0.2) is 22.3 Å². The molecule has 0 heterocycles. The number of hydrogen-bond acceptors (Lipinski definition) is 2. The molecule has 0 aromatic heterocycles. The van der Waals surface area contributed by atoms with Gasteiger partial charge in [0.05, 0.1) is 6.10 Å². The Kier molecular flexibility index (Phi) is 5.02. The van der Waals surface area contributed by atoms with E-state index < -0.39 is 12.1 Å². The van der Waals surface area contributed by atoms with Crippen molar-refractivity contribution in [3.8, 4) is 0 Å². The van der Waals surface area contributed by atoms with Crippen LogP contribution in [-0.2, 0) is 4.79 Å². The van der Waals surface area contributed by atoms with Gasteiger partial charge in [0.1, 0.15) is 0 Å². The first-order valence-electron chi connectivity index (χ1n) is 4.99. The molecule has 0 aliphatic heterocycles. The third-order valence-electron chi connectivity index (χ3n) is 1.95. The Morgan fingerprint density at radius 3 is 2.62 bits per heavy atom. The Morgan fingerprint density at radius 1 is 1.31 bits per heavy atom. The van der Waals surface area contributed by atoms with E-state index in [1.165, 1.54) is 6.08 Å². The van der Waals surface area contributed by atoms with Gasteiger partial charge in [-0.3, -0.25) is 0 Å². The van der Waals surface area contributed by atoms with Crippen LogP contribution in [0.3, 0.4) is 0 Å². The SMILES string of the molecule is O=C(O)/C=C\C[C@H](O)/C=C/c1ccccc1. The molecule has 0 unspecified atom stereocenters. The van der Waals surface area contributed by atoms with Crippen molar-refractivity contribution in [2.45, 2.75) is 12.5 Å². The highest BCUT2D eigenvalue weighted by atomic mass is 16.4.